The van der Waals surface area contributed by atoms with Crippen LogP contribution in [0, 0.1) is 6.92 Å². The Morgan fingerprint density at radius 2 is 2.31 bits per heavy atom. The first-order valence-electron chi connectivity index (χ1n) is 4.88. The van der Waals surface area contributed by atoms with Gasteiger partial charge in [-0.15, -0.1) is 0 Å². The molecule has 0 atom stereocenters. The molecule has 16 heavy (non-hydrogen) atoms. The second kappa shape index (κ2) is 3.80. The van der Waals surface area contributed by atoms with E-state index in [-0.39, 0.29) is 12.3 Å². The highest BCUT2D eigenvalue weighted by Crippen LogP contribution is 2.18. The average Bonchev–Trinajstić information content (AvgIpc) is 2.58. The second-order valence-corrected chi connectivity index (χ2v) is 3.33. The summed E-state index contributed by atoms with van der Waals surface area (Å²) in [6, 6.07) is 0. The molecule has 0 aliphatic heterocycles. The van der Waals surface area contributed by atoms with Crippen LogP contribution in [0.2, 0.25) is 0 Å². The molecular weight excluding hydrogens is 210 g/mol. The van der Waals surface area contributed by atoms with Crippen molar-refractivity contribution in [2.24, 2.45) is 0 Å². The van der Waals surface area contributed by atoms with Crippen molar-refractivity contribution in [1.82, 2.24) is 15.2 Å². The minimum atomic E-state index is -0.530. The highest BCUT2D eigenvalue weighted by Gasteiger charge is 2.18. The van der Waals surface area contributed by atoms with Crippen molar-refractivity contribution in [3.05, 3.63) is 27.9 Å². The third kappa shape index (κ3) is 1.48. The number of carbonyl (C=O) groups is 1. The Labute approximate surface area is 90.6 Å². The number of carbonyl (C=O) groups excluding carboxylic acids is 1. The first kappa shape index (κ1) is 10.4. The Bertz CT molecular complexity index is 597. The van der Waals surface area contributed by atoms with Crippen molar-refractivity contribution in [2.75, 3.05) is 6.61 Å². The molecule has 2 aromatic rings. The van der Waals surface area contributed by atoms with Gasteiger partial charge < -0.3 is 9.72 Å². The summed E-state index contributed by atoms with van der Waals surface area (Å²) in [6.07, 6.45) is 1.51. The molecule has 0 unspecified atom stereocenters. The zero-order chi connectivity index (χ0) is 11.7. The number of H-pyrrole nitrogens is 2. The minimum absolute atomic E-state index is 0.179. The average molecular weight is 221 g/mol. The molecule has 6 heteroatoms. The number of aromatic nitrogens is 3. The Balaban J connectivity index is 2.71. The summed E-state index contributed by atoms with van der Waals surface area (Å²) in [5.41, 5.74) is 0.500. The van der Waals surface area contributed by atoms with E-state index < -0.39 is 11.5 Å². The lowest BCUT2D eigenvalue weighted by Gasteiger charge is -1.98. The van der Waals surface area contributed by atoms with Crippen LogP contribution >= 0.6 is 0 Å². The smallest absolute Gasteiger partial charge is 0.355 e. The van der Waals surface area contributed by atoms with Gasteiger partial charge in [-0.1, -0.05) is 0 Å². The van der Waals surface area contributed by atoms with E-state index in [2.05, 4.69) is 15.2 Å². The van der Waals surface area contributed by atoms with E-state index in [4.69, 9.17) is 4.74 Å². The molecule has 2 heterocycles. The lowest BCUT2D eigenvalue weighted by atomic mass is 10.2. The van der Waals surface area contributed by atoms with Crippen molar-refractivity contribution in [3.8, 4) is 0 Å². The zero-order valence-corrected chi connectivity index (χ0v) is 8.96. The third-order valence-electron chi connectivity index (χ3n) is 2.30. The maximum absolute atomic E-state index is 11.6. The van der Waals surface area contributed by atoms with Crippen LogP contribution in [0.4, 0.5) is 0 Å². The van der Waals surface area contributed by atoms with Gasteiger partial charge in [0, 0.05) is 11.1 Å². The van der Waals surface area contributed by atoms with E-state index in [9.17, 15) is 9.59 Å². The summed E-state index contributed by atoms with van der Waals surface area (Å²) in [6.45, 7) is 3.75. The number of aryl methyl sites for hydroxylation is 1. The molecule has 0 fully saturated rings. The monoisotopic (exact) mass is 221 g/mol. The lowest BCUT2D eigenvalue weighted by Crippen LogP contribution is -2.12. The Morgan fingerprint density at radius 3 is 3.00 bits per heavy atom. The number of ether oxygens (including phenoxy) is 1. The maximum atomic E-state index is 11.6. The van der Waals surface area contributed by atoms with Gasteiger partial charge in [0.15, 0.2) is 0 Å². The molecule has 0 aromatic carbocycles. The van der Waals surface area contributed by atoms with E-state index in [1.54, 1.807) is 13.8 Å². The molecular formula is C10H11N3O3. The number of rotatable bonds is 2. The lowest BCUT2D eigenvalue weighted by molar-refractivity contribution is 0.0522. The number of nitrogens with zero attached hydrogens (tertiary/aromatic N) is 1. The van der Waals surface area contributed by atoms with Crippen molar-refractivity contribution in [1.29, 1.82) is 0 Å². The van der Waals surface area contributed by atoms with Crippen LogP contribution in [-0.2, 0) is 4.74 Å². The highest BCUT2D eigenvalue weighted by atomic mass is 16.5. The molecule has 2 aromatic heterocycles. The summed E-state index contributed by atoms with van der Waals surface area (Å²) in [4.78, 5) is 26.0. The molecule has 2 rings (SSSR count). The third-order valence-corrected chi connectivity index (χ3v) is 2.30. The molecule has 2 N–H and O–H groups in total. The van der Waals surface area contributed by atoms with Gasteiger partial charge in [0.25, 0.3) is 5.56 Å². The van der Waals surface area contributed by atoms with Crippen LogP contribution in [0.3, 0.4) is 0 Å². The predicted octanol–water partition coefficient (Wildman–Crippen LogP) is 0.736. The maximum Gasteiger partial charge on any atom is 0.355 e. The van der Waals surface area contributed by atoms with E-state index in [0.29, 0.717) is 10.8 Å². The SMILES string of the molecule is CCOC(=O)c1[nH]c(C)c2cn[nH]c(=O)c12. The standard InChI is InChI=1S/C10H11N3O3/c1-3-16-10(15)8-7-6(5(2)12-8)4-11-13-9(7)14/h4,12H,3H2,1-2H3,(H,13,14). The highest BCUT2D eigenvalue weighted by molar-refractivity contribution is 6.03. The Kier molecular flexibility index (Phi) is 2.47. The first-order valence-corrected chi connectivity index (χ1v) is 4.88. The Morgan fingerprint density at radius 1 is 1.56 bits per heavy atom. The van der Waals surface area contributed by atoms with Crippen LogP contribution in [0.1, 0.15) is 23.1 Å². The van der Waals surface area contributed by atoms with Gasteiger partial charge in [-0.3, -0.25) is 4.79 Å². The van der Waals surface area contributed by atoms with E-state index in [1.807, 2.05) is 0 Å². The predicted molar refractivity (Wildman–Crippen MR) is 57.4 cm³/mol. The summed E-state index contributed by atoms with van der Waals surface area (Å²) in [5.74, 6) is -0.530. The molecule has 0 radical (unpaired) electrons. The van der Waals surface area contributed by atoms with Crippen molar-refractivity contribution in [3.63, 3.8) is 0 Å². The quantitative estimate of drug-likeness (QED) is 0.732. The molecule has 84 valence electrons. The fraction of sp³-hybridized carbons (Fsp3) is 0.300. The normalized spacial score (nSPS) is 10.6. The minimum Gasteiger partial charge on any atom is -0.461 e. The zero-order valence-electron chi connectivity index (χ0n) is 8.96. The van der Waals surface area contributed by atoms with Crippen molar-refractivity contribution >= 4 is 16.7 Å². The van der Waals surface area contributed by atoms with Gasteiger partial charge >= 0.3 is 5.97 Å². The molecule has 0 bridgehead atoms. The summed E-state index contributed by atoms with van der Waals surface area (Å²) >= 11 is 0. The first-order chi connectivity index (χ1) is 7.65. The number of hydrogen-bond donors (Lipinski definition) is 2. The van der Waals surface area contributed by atoms with Crippen LogP contribution in [-0.4, -0.2) is 27.8 Å². The summed E-state index contributed by atoms with van der Waals surface area (Å²) < 4.78 is 4.86. The van der Waals surface area contributed by atoms with Crippen LogP contribution in [0.15, 0.2) is 11.0 Å². The van der Waals surface area contributed by atoms with Gasteiger partial charge in [0.05, 0.1) is 18.2 Å². The van der Waals surface area contributed by atoms with Crippen LogP contribution < -0.4 is 5.56 Å². The van der Waals surface area contributed by atoms with Crippen LogP contribution in [0.5, 0.6) is 0 Å². The number of esters is 1. The van der Waals surface area contributed by atoms with E-state index in [0.717, 1.165) is 5.69 Å². The van der Waals surface area contributed by atoms with E-state index in [1.165, 1.54) is 6.20 Å². The number of aromatic amines is 2. The van der Waals surface area contributed by atoms with Gasteiger partial charge in [0.2, 0.25) is 0 Å². The number of hydrogen-bond acceptors (Lipinski definition) is 4. The van der Waals surface area contributed by atoms with Crippen molar-refractivity contribution in [2.45, 2.75) is 13.8 Å². The number of fused-ring (bicyclic) bond motifs is 1. The Hall–Kier alpha value is -2.11. The fourth-order valence-corrected chi connectivity index (χ4v) is 1.60. The molecule has 0 spiro atoms. The number of nitrogens with one attached hydrogen (secondary N) is 2. The van der Waals surface area contributed by atoms with Gasteiger partial charge in [0.1, 0.15) is 5.69 Å². The van der Waals surface area contributed by atoms with Gasteiger partial charge in [-0.05, 0) is 13.8 Å². The largest absolute Gasteiger partial charge is 0.461 e. The molecule has 0 aliphatic carbocycles. The van der Waals surface area contributed by atoms with Crippen LogP contribution in [0.25, 0.3) is 10.8 Å². The second-order valence-electron chi connectivity index (χ2n) is 3.33. The fourth-order valence-electron chi connectivity index (χ4n) is 1.60. The van der Waals surface area contributed by atoms with Gasteiger partial charge in [-0.2, -0.15) is 5.10 Å². The topological polar surface area (TPSA) is 87.8 Å². The summed E-state index contributed by atoms with van der Waals surface area (Å²) in [7, 11) is 0. The molecule has 0 amide bonds. The van der Waals surface area contributed by atoms with Crippen molar-refractivity contribution < 1.29 is 9.53 Å². The van der Waals surface area contributed by atoms with Gasteiger partial charge in [-0.25, -0.2) is 9.89 Å². The molecule has 0 saturated carbocycles. The molecule has 0 aliphatic rings. The molecule has 6 nitrogen and oxygen atoms in total. The van der Waals surface area contributed by atoms with E-state index >= 15 is 0 Å². The molecule has 0 saturated heterocycles. The summed E-state index contributed by atoms with van der Waals surface area (Å²) in [5, 5.41) is 6.90.